The van der Waals surface area contributed by atoms with Crippen LogP contribution in [-0.2, 0) is 11.3 Å². The monoisotopic (exact) mass is 478 g/mol. The molecule has 0 saturated heterocycles. The van der Waals surface area contributed by atoms with Crippen molar-refractivity contribution in [3.05, 3.63) is 86.7 Å². The van der Waals surface area contributed by atoms with E-state index in [1.165, 1.54) is 10.5 Å². The molecule has 0 aliphatic rings. The van der Waals surface area contributed by atoms with Crippen molar-refractivity contribution in [1.29, 1.82) is 0 Å². The average molecular weight is 479 g/mol. The number of nitrogens with zero attached hydrogens (tertiary/aromatic N) is 4. The third kappa shape index (κ3) is 4.49. The first-order chi connectivity index (χ1) is 16.4. The molecule has 0 bridgehead atoms. The molecule has 0 aliphatic heterocycles. The Balaban J connectivity index is 2.10. The SMILES string of the molecule is CCCCn1c(=NC(=O)c2ccc(Cl)cc2)c(C(=O)OCC)cc2c(=O)n3ccccc3nc21. The third-order valence-electron chi connectivity index (χ3n) is 5.32. The standard InChI is InChI=1S/C25H23ClN4O4/c1-3-5-13-30-21-18(24(32)29-14-7-6-8-20(29)27-21)15-19(25(33)34-4-2)22(30)28-23(31)16-9-11-17(26)12-10-16/h6-12,14-15H,3-5,13H2,1-2H3. The molecule has 0 fully saturated rings. The quantitative estimate of drug-likeness (QED) is 0.308. The van der Waals surface area contributed by atoms with Crippen LogP contribution in [-0.4, -0.2) is 32.4 Å². The van der Waals surface area contributed by atoms with Gasteiger partial charge in [-0.25, -0.2) is 9.78 Å². The van der Waals surface area contributed by atoms with Crippen molar-refractivity contribution in [1.82, 2.24) is 14.0 Å². The summed E-state index contributed by atoms with van der Waals surface area (Å²) in [5, 5.41) is 0.727. The number of hydrogen-bond donors (Lipinski definition) is 0. The highest BCUT2D eigenvalue weighted by molar-refractivity contribution is 6.30. The molecule has 0 unspecified atom stereocenters. The Hall–Kier alpha value is -3.78. The molecule has 1 aromatic carbocycles. The van der Waals surface area contributed by atoms with Gasteiger partial charge in [0, 0.05) is 23.3 Å². The second-order valence-corrected chi connectivity index (χ2v) is 8.05. The zero-order chi connectivity index (χ0) is 24.2. The topological polar surface area (TPSA) is 95.0 Å². The second kappa shape index (κ2) is 10.0. The summed E-state index contributed by atoms with van der Waals surface area (Å²) in [6.07, 6.45) is 3.18. The van der Waals surface area contributed by atoms with Gasteiger partial charge >= 0.3 is 5.97 Å². The molecule has 3 heterocycles. The summed E-state index contributed by atoms with van der Waals surface area (Å²) in [7, 11) is 0. The van der Waals surface area contributed by atoms with Crippen molar-refractivity contribution >= 4 is 40.2 Å². The number of fused-ring (bicyclic) bond motifs is 2. The normalized spacial score (nSPS) is 11.8. The number of benzene rings is 1. The van der Waals surface area contributed by atoms with E-state index in [-0.39, 0.29) is 28.6 Å². The zero-order valence-corrected chi connectivity index (χ0v) is 19.6. The predicted molar refractivity (Wildman–Crippen MR) is 129 cm³/mol. The van der Waals surface area contributed by atoms with Crippen LogP contribution in [0.15, 0.2) is 64.5 Å². The van der Waals surface area contributed by atoms with Gasteiger partial charge in [-0.05, 0) is 55.8 Å². The first-order valence-electron chi connectivity index (χ1n) is 11.0. The number of aryl methyl sites for hydroxylation is 1. The van der Waals surface area contributed by atoms with E-state index >= 15 is 0 Å². The molecular formula is C25H23ClN4O4. The number of hydrogen-bond acceptors (Lipinski definition) is 5. The van der Waals surface area contributed by atoms with Crippen molar-refractivity contribution in [3.63, 3.8) is 0 Å². The number of esters is 1. The van der Waals surface area contributed by atoms with Crippen LogP contribution in [0.1, 0.15) is 47.4 Å². The Bertz CT molecular complexity index is 1520. The van der Waals surface area contributed by atoms with Gasteiger partial charge in [0.1, 0.15) is 16.9 Å². The summed E-state index contributed by atoms with van der Waals surface area (Å²) in [5.74, 6) is -1.22. The second-order valence-electron chi connectivity index (χ2n) is 7.61. The van der Waals surface area contributed by atoms with Gasteiger partial charge in [0.15, 0.2) is 5.49 Å². The number of carbonyl (C=O) groups is 2. The van der Waals surface area contributed by atoms with E-state index in [0.29, 0.717) is 28.4 Å². The van der Waals surface area contributed by atoms with Gasteiger partial charge in [-0.3, -0.25) is 14.0 Å². The van der Waals surface area contributed by atoms with E-state index in [1.807, 2.05) is 6.92 Å². The maximum absolute atomic E-state index is 13.3. The van der Waals surface area contributed by atoms with E-state index < -0.39 is 11.9 Å². The first-order valence-corrected chi connectivity index (χ1v) is 11.4. The highest BCUT2D eigenvalue weighted by atomic mass is 35.5. The van der Waals surface area contributed by atoms with Gasteiger partial charge in [-0.15, -0.1) is 0 Å². The Morgan fingerprint density at radius 3 is 2.59 bits per heavy atom. The fourth-order valence-corrected chi connectivity index (χ4v) is 3.76. The van der Waals surface area contributed by atoms with Crippen LogP contribution in [0.3, 0.4) is 0 Å². The number of halogens is 1. The number of ether oxygens (including phenoxy) is 1. The molecule has 8 nitrogen and oxygen atoms in total. The summed E-state index contributed by atoms with van der Waals surface area (Å²) < 4.78 is 8.31. The lowest BCUT2D eigenvalue weighted by molar-refractivity contribution is 0.0523. The van der Waals surface area contributed by atoms with Crippen LogP contribution in [0.4, 0.5) is 0 Å². The van der Waals surface area contributed by atoms with Crippen LogP contribution >= 0.6 is 11.6 Å². The van der Waals surface area contributed by atoms with Crippen molar-refractivity contribution in [2.24, 2.45) is 4.99 Å². The van der Waals surface area contributed by atoms with Gasteiger partial charge in [-0.1, -0.05) is 31.0 Å². The third-order valence-corrected chi connectivity index (χ3v) is 5.57. The van der Waals surface area contributed by atoms with Crippen molar-refractivity contribution in [3.8, 4) is 0 Å². The van der Waals surface area contributed by atoms with Crippen molar-refractivity contribution < 1.29 is 14.3 Å². The van der Waals surface area contributed by atoms with E-state index in [1.54, 1.807) is 60.2 Å². The van der Waals surface area contributed by atoms with E-state index in [0.717, 1.165) is 12.8 Å². The van der Waals surface area contributed by atoms with Crippen LogP contribution in [0.25, 0.3) is 16.7 Å². The van der Waals surface area contributed by atoms with E-state index in [4.69, 9.17) is 16.3 Å². The highest BCUT2D eigenvalue weighted by Crippen LogP contribution is 2.14. The summed E-state index contributed by atoms with van der Waals surface area (Å²) in [6.45, 7) is 4.24. The number of unbranched alkanes of at least 4 members (excludes halogenated alkanes) is 1. The molecule has 0 radical (unpaired) electrons. The molecule has 4 aromatic rings. The fourth-order valence-electron chi connectivity index (χ4n) is 3.64. The minimum atomic E-state index is -0.671. The molecule has 0 saturated carbocycles. The Morgan fingerprint density at radius 1 is 1.12 bits per heavy atom. The minimum Gasteiger partial charge on any atom is -0.462 e. The molecule has 34 heavy (non-hydrogen) atoms. The molecule has 4 rings (SSSR count). The van der Waals surface area contributed by atoms with Crippen LogP contribution in [0.5, 0.6) is 0 Å². The summed E-state index contributed by atoms with van der Waals surface area (Å²) in [6, 6.07) is 13.0. The molecule has 0 atom stereocenters. The number of pyridine rings is 2. The number of carbonyl (C=O) groups excluding carboxylic acids is 2. The van der Waals surface area contributed by atoms with Gasteiger partial charge < -0.3 is 9.30 Å². The fraction of sp³-hybridized carbons (Fsp3) is 0.240. The maximum atomic E-state index is 13.3. The molecule has 0 aliphatic carbocycles. The maximum Gasteiger partial charge on any atom is 0.341 e. The molecule has 0 spiro atoms. The Morgan fingerprint density at radius 2 is 1.88 bits per heavy atom. The Labute approximate surface area is 200 Å². The summed E-state index contributed by atoms with van der Waals surface area (Å²) in [4.78, 5) is 48.2. The molecule has 1 amide bonds. The minimum absolute atomic E-state index is 0.0301. The molecule has 174 valence electrons. The van der Waals surface area contributed by atoms with Crippen LogP contribution in [0.2, 0.25) is 5.02 Å². The first kappa shape index (κ1) is 23.4. The lowest BCUT2D eigenvalue weighted by Gasteiger charge is -2.15. The number of rotatable bonds is 6. The number of aromatic nitrogens is 3. The van der Waals surface area contributed by atoms with Gasteiger partial charge in [-0.2, -0.15) is 4.99 Å². The molecule has 0 N–H and O–H groups in total. The van der Waals surface area contributed by atoms with Gasteiger partial charge in [0.25, 0.3) is 11.5 Å². The smallest absolute Gasteiger partial charge is 0.341 e. The predicted octanol–water partition coefficient (Wildman–Crippen LogP) is 4.02. The lowest BCUT2D eigenvalue weighted by atomic mass is 10.2. The lowest BCUT2D eigenvalue weighted by Crippen LogP contribution is -2.32. The summed E-state index contributed by atoms with van der Waals surface area (Å²) in [5.41, 5.74) is 0.915. The molecular weight excluding hydrogens is 456 g/mol. The largest absolute Gasteiger partial charge is 0.462 e. The van der Waals surface area contributed by atoms with Gasteiger partial charge in [0.05, 0.1) is 12.0 Å². The van der Waals surface area contributed by atoms with Crippen LogP contribution in [0, 0.1) is 0 Å². The Kier molecular flexibility index (Phi) is 6.88. The van der Waals surface area contributed by atoms with E-state index in [9.17, 15) is 14.4 Å². The summed E-state index contributed by atoms with van der Waals surface area (Å²) >= 11 is 5.94. The zero-order valence-electron chi connectivity index (χ0n) is 18.8. The molecule has 9 heteroatoms. The molecule has 3 aromatic heterocycles. The van der Waals surface area contributed by atoms with Crippen molar-refractivity contribution in [2.75, 3.05) is 6.61 Å². The van der Waals surface area contributed by atoms with Crippen LogP contribution < -0.4 is 11.0 Å². The van der Waals surface area contributed by atoms with Crippen molar-refractivity contribution in [2.45, 2.75) is 33.2 Å². The van der Waals surface area contributed by atoms with E-state index in [2.05, 4.69) is 9.98 Å². The number of amides is 1. The average Bonchev–Trinajstić information content (AvgIpc) is 2.84. The van der Waals surface area contributed by atoms with Gasteiger partial charge in [0.2, 0.25) is 0 Å². The highest BCUT2D eigenvalue weighted by Gasteiger charge is 2.20.